The van der Waals surface area contributed by atoms with Gasteiger partial charge in [0.1, 0.15) is 5.58 Å². The van der Waals surface area contributed by atoms with E-state index in [2.05, 4.69) is 10.6 Å². The van der Waals surface area contributed by atoms with Crippen molar-refractivity contribution in [1.29, 1.82) is 0 Å². The molecular weight excluding hydrogens is 344 g/mol. The maximum Gasteiger partial charge on any atom is 0.291 e. The summed E-state index contributed by atoms with van der Waals surface area (Å²) in [6, 6.07) is 12.0. The minimum atomic E-state index is -0.568. The molecule has 6 nitrogen and oxygen atoms in total. The van der Waals surface area contributed by atoms with Crippen molar-refractivity contribution in [3.63, 3.8) is 0 Å². The van der Waals surface area contributed by atoms with Crippen LogP contribution in [0.2, 0.25) is 5.02 Å². The van der Waals surface area contributed by atoms with Crippen LogP contribution in [0.1, 0.15) is 20.9 Å². The second kappa shape index (κ2) is 6.78. The SMILES string of the molecule is CNC(=O)c1ccc(NC(=O)c2cc(=O)c3cc(Cl)ccc3o2)cc1. The Morgan fingerprint density at radius 1 is 1.00 bits per heavy atom. The number of hydrogen-bond donors (Lipinski definition) is 2. The van der Waals surface area contributed by atoms with E-state index in [1.54, 1.807) is 30.3 Å². The van der Waals surface area contributed by atoms with Crippen LogP contribution in [-0.4, -0.2) is 18.9 Å². The molecule has 2 amide bonds. The summed E-state index contributed by atoms with van der Waals surface area (Å²) < 4.78 is 5.48. The van der Waals surface area contributed by atoms with Gasteiger partial charge in [-0.25, -0.2) is 0 Å². The van der Waals surface area contributed by atoms with Gasteiger partial charge in [-0.2, -0.15) is 0 Å². The number of benzene rings is 2. The van der Waals surface area contributed by atoms with Gasteiger partial charge in [-0.15, -0.1) is 0 Å². The lowest BCUT2D eigenvalue weighted by Gasteiger charge is -2.06. The van der Waals surface area contributed by atoms with Gasteiger partial charge in [0.05, 0.1) is 5.39 Å². The zero-order chi connectivity index (χ0) is 18.0. The molecule has 0 aliphatic rings. The van der Waals surface area contributed by atoms with E-state index in [1.807, 2.05) is 0 Å². The molecule has 0 fully saturated rings. The van der Waals surface area contributed by atoms with Gasteiger partial charge in [-0.1, -0.05) is 11.6 Å². The van der Waals surface area contributed by atoms with Crippen LogP contribution >= 0.6 is 11.6 Å². The first-order valence-electron chi connectivity index (χ1n) is 7.35. The van der Waals surface area contributed by atoms with Crippen LogP contribution in [0.4, 0.5) is 5.69 Å². The average Bonchev–Trinajstić information content (AvgIpc) is 2.62. The Morgan fingerprint density at radius 3 is 2.40 bits per heavy atom. The Kier molecular flexibility index (Phi) is 4.54. The largest absolute Gasteiger partial charge is 0.451 e. The summed E-state index contributed by atoms with van der Waals surface area (Å²) in [5, 5.41) is 5.84. The van der Waals surface area contributed by atoms with E-state index in [0.717, 1.165) is 6.07 Å². The van der Waals surface area contributed by atoms with Crippen molar-refractivity contribution in [1.82, 2.24) is 5.32 Å². The van der Waals surface area contributed by atoms with Crippen LogP contribution in [0.5, 0.6) is 0 Å². The van der Waals surface area contributed by atoms with E-state index in [-0.39, 0.29) is 22.7 Å². The highest BCUT2D eigenvalue weighted by molar-refractivity contribution is 6.31. The number of carbonyl (C=O) groups excluding carboxylic acids is 2. The highest BCUT2D eigenvalue weighted by atomic mass is 35.5. The maximum atomic E-state index is 12.3. The molecule has 0 radical (unpaired) electrons. The van der Waals surface area contributed by atoms with Crippen LogP contribution in [0, 0.1) is 0 Å². The summed E-state index contributed by atoms with van der Waals surface area (Å²) in [4.78, 5) is 35.9. The van der Waals surface area contributed by atoms with Crippen LogP contribution in [0.15, 0.2) is 57.7 Å². The Hall–Kier alpha value is -3.12. The highest BCUT2D eigenvalue weighted by Gasteiger charge is 2.13. The lowest BCUT2D eigenvalue weighted by molar-refractivity contribution is 0.0962. The van der Waals surface area contributed by atoms with Crippen molar-refractivity contribution in [2.75, 3.05) is 12.4 Å². The Labute approximate surface area is 147 Å². The minimum Gasteiger partial charge on any atom is -0.451 e. The Morgan fingerprint density at radius 2 is 1.72 bits per heavy atom. The van der Waals surface area contributed by atoms with Crippen molar-refractivity contribution in [3.8, 4) is 0 Å². The zero-order valence-corrected chi connectivity index (χ0v) is 13.9. The maximum absolute atomic E-state index is 12.3. The number of halogens is 1. The number of fused-ring (bicyclic) bond motifs is 1. The first-order valence-corrected chi connectivity index (χ1v) is 7.72. The molecule has 3 rings (SSSR count). The van der Waals surface area contributed by atoms with Gasteiger partial charge < -0.3 is 15.1 Å². The van der Waals surface area contributed by atoms with E-state index >= 15 is 0 Å². The van der Waals surface area contributed by atoms with Crippen molar-refractivity contribution < 1.29 is 14.0 Å². The standard InChI is InChI=1S/C18H13ClN2O4/c1-20-17(23)10-2-5-12(6-3-10)21-18(24)16-9-14(22)13-8-11(19)4-7-15(13)25-16/h2-9H,1H3,(H,20,23)(H,21,24). The zero-order valence-electron chi connectivity index (χ0n) is 13.1. The first-order chi connectivity index (χ1) is 12.0. The lowest BCUT2D eigenvalue weighted by atomic mass is 10.2. The molecule has 3 aromatic rings. The summed E-state index contributed by atoms with van der Waals surface area (Å²) in [5.74, 6) is -0.908. The van der Waals surface area contributed by atoms with E-state index in [9.17, 15) is 14.4 Å². The second-order valence-electron chi connectivity index (χ2n) is 5.23. The number of rotatable bonds is 3. The predicted molar refractivity (Wildman–Crippen MR) is 95.3 cm³/mol. The van der Waals surface area contributed by atoms with Crippen molar-refractivity contribution in [2.45, 2.75) is 0 Å². The van der Waals surface area contributed by atoms with Crippen molar-refractivity contribution in [3.05, 3.63) is 75.1 Å². The van der Waals surface area contributed by atoms with Gasteiger partial charge in [-0.3, -0.25) is 14.4 Å². The summed E-state index contributed by atoms with van der Waals surface area (Å²) in [5.41, 5.74) is 0.854. The van der Waals surface area contributed by atoms with Gasteiger partial charge >= 0.3 is 0 Å². The fourth-order valence-corrected chi connectivity index (χ4v) is 2.45. The van der Waals surface area contributed by atoms with Crippen LogP contribution in [0.3, 0.4) is 0 Å². The fraction of sp³-hybridized carbons (Fsp3) is 0.0556. The van der Waals surface area contributed by atoms with E-state index in [4.69, 9.17) is 16.0 Å². The highest BCUT2D eigenvalue weighted by Crippen LogP contribution is 2.18. The molecular formula is C18H13ClN2O4. The molecule has 1 aromatic heterocycles. The summed E-state index contributed by atoms with van der Waals surface area (Å²) in [6.45, 7) is 0. The third-order valence-corrected chi connectivity index (χ3v) is 3.78. The molecule has 25 heavy (non-hydrogen) atoms. The summed E-state index contributed by atoms with van der Waals surface area (Å²) >= 11 is 5.86. The average molecular weight is 357 g/mol. The number of hydrogen-bond acceptors (Lipinski definition) is 4. The van der Waals surface area contributed by atoms with E-state index in [1.165, 1.54) is 19.2 Å². The molecule has 0 saturated heterocycles. The Bertz CT molecular complexity index is 1030. The van der Waals surface area contributed by atoms with E-state index in [0.29, 0.717) is 21.7 Å². The van der Waals surface area contributed by atoms with Gasteiger partial charge in [0, 0.05) is 29.4 Å². The molecule has 0 atom stereocenters. The fourth-order valence-electron chi connectivity index (χ4n) is 2.28. The molecule has 0 spiro atoms. The second-order valence-corrected chi connectivity index (χ2v) is 5.66. The van der Waals surface area contributed by atoms with Crippen molar-refractivity contribution in [2.24, 2.45) is 0 Å². The van der Waals surface area contributed by atoms with Gasteiger partial charge in [-0.05, 0) is 42.5 Å². The monoisotopic (exact) mass is 356 g/mol. The molecule has 0 aliphatic heterocycles. The smallest absolute Gasteiger partial charge is 0.291 e. The molecule has 0 saturated carbocycles. The summed E-state index contributed by atoms with van der Waals surface area (Å²) in [6.07, 6.45) is 0. The number of anilines is 1. The lowest BCUT2D eigenvalue weighted by Crippen LogP contribution is -2.18. The summed E-state index contributed by atoms with van der Waals surface area (Å²) in [7, 11) is 1.53. The first kappa shape index (κ1) is 16.7. The predicted octanol–water partition coefficient (Wildman–Crippen LogP) is 3.06. The topological polar surface area (TPSA) is 88.4 Å². The van der Waals surface area contributed by atoms with Crippen LogP contribution < -0.4 is 16.1 Å². The molecule has 2 N–H and O–H groups in total. The van der Waals surface area contributed by atoms with Gasteiger partial charge in [0.15, 0.2) is 11.2 Å². The molecule has 0 aliphatic carbocycles. The quantitative estimate of drug-likeness (QED) is 0.755. The third-order valence-electron chi connectivity index (χ3n) is 3.54. The number of carbonyl (C=O) groups is 2. The van der Waals surface area contributed by atoms with Crippen molar-refractivity contribution >= 4 is 40.1 Å². The minimum absolute atomic E-state index is 0.116. The normalized spacial score (nSPS) is 10.5. The number of nitrogens with one attached hydrogen (secondary N) is 2. The Balaban J connectivity index is 1.86. The molecule has 2 aromatic carbocycles. The third kappa shape index (κ3) is 3.54. The molecule has 7 heteroatoms. The molecule has 0 unspecified atom stereocenters. The van der Waals surface area contributed by atoms with Crippen LogP contribution in [0.25, 0.3) is 11.0 Å². The molecule has 126 valence electrons. The van der Waals surface area contributed by atoms with Gasteiger partial charge in [0.25, 0.3) is 11.8 Å². The van der Waals surface area contributed by atoms with E-state index < -0.39 is 5.91 Å². The number of amides is 2. The van der Waals surface area contributed by atoms with Crippen LogP contribution in [-0.2, 0) is 0 Å². The molecule has 1 heterocycles. The van der Waals surface area contributed by atoms with Gasteiger partial charge in [0.2, 0.25) is 0 Å². The molecule has 0 bridgehead atoms.